The molecule has 19 heavy (non-hydrogen) atoms. The summed E-state index contributed by atoms with van der Waals surface area (Å²) in [6.45, 7) is 4.11. The van der Waals surface area contributed by atoms with E-state index >= 15 is 0 Å². The molecular weight excluding hydrogens is 250 g/mol. The molecule has 0 radical (unpaired) electrons. The molecule has 2 aliphatic heterocycles. The Hall–Kier alpha value is -2.28. The number of rotatable bonds is 4. The third-order valence-corrected chi connectivity index (χ3v) is 3.33. The Bertz CT molecular complexity index is 553. The van der Waals surface area contributed by atoms with Crippen molar-refractivity contribution in [3.05, 3.63) is 36.3 Å². The van der Waals surface area contributed by atoms with Gasteiger partial charge in [0.2, 0.25) is 5.91 Å². The maximum absolute atomic E-state index is 12.2. The zero-order valence-electron chi connectivity index (χ0n) is 10.1. The largest absolute Gasteiger partial charge is 0.466 e. The number of hydrogen-bond donors (Lipinski definition) is 1. The molecule has 2 atom stereocenters. The molecule has 7 heteroatoms. The minimum atomic E-state index is -0.869. The van der Waals surface area contributed by atoms with E-state index < -0.39 is 11.9 Å². The molecule has 2 N–H and O–H groups in total. The molecule has 1 aromatic rings. The number of hydrogen-bond acceptors (Lipinski definition) is 4. The highest BCUT2D eigenvalue weighted by atomic mass is 16.7. The lowest BCUT2D eigenvalue weighted by Crippen LogP contribution is -2.41. The fourth-order valence-electron chi connectivity index (χ4n) is 2.57. The molecule has 0 spiro atoms. The smallest absolute Gasteiger partial charge is 0.345 e. The molecule has 2 bridgehead atoms. The summed E-state index contributed by atoms with van der Waals surface area (Å²) in [5.41, 5.74) is 6.12. The van der Waals surface area contributed by atoms with Crippen LogP contribution in [0.25, 0.3) is 0 Å². The molecule has 7 nitrogen and oxygen atoms in total. The van der Waals surface area contributed by atoms with Gasteiger partial charge in [-0.3, -0.25) is 9.63 Å². The predicted octanol–water partition coefficient (Wildman–Crippen LogP) is 0.716. The van der Waals surface area contributed by atoms with E-state index in [2.05, 4.69) is 6.58 Å². The zero-order valence-corrected chi connectivity index (χ0v) is 10.1. The van der Waals surface area contributed by atoms with Crippen molar-refractivity contribution in [1.29, 1.82) is 0 Å². The van der Waals surface area contributed by atoms with Gasteiger partial charge in [-0.15, -0.1) is 6.58 Å². The van der Waals surface area contributed by atoms with Crippen molar-refractivity contribution in [2.45, 2.75) is 12.1 Å². The van der Waals surface area contributed by atoms with E-state index in [0.717, 1.165) is 5.56 Å². The van der Waals surface area contributed by atoms with Gasteiger partial charge in [-0.2, -0.15) is 5.06 Å². The van der Waals surface area contributed by atoms with Crippen LogP contribution in [0.2, 0.25) is 0 Å². The van der Waals surface area contributed by atoms with Gasteiger partial charge in [0.1, 0.15) is 11.8 Å². The van der Waals surface area contributed by atoms with Crippen LogP contribution in [0.4, 0.5) is 4.79 Å². The highest BCUT2D eigenvalue weighted by molar-refractivity contribution is 5.89. The average molecular weight is 263 g/mol. The molecule has 1 saturated heterocycles. The van der Waals surface area contributed by atoms with Crippen molar-refractivity contribution in [3.8, 4) is 0 Å². The third kappa shape index (κ3) is 1.55. The molecule has 1 fully saturated rings. The van der Waals surface area contributed by atoms with Gasteiger partial charge in [0.25, 0.3) is 0 Å². The maximum atomic E-state index is 12.2. The van der Waals surface area contributed by atoms with Crippen LogP contribution >= 0.6 is 0 Å². The van der Waals surface area contributed by atoms with Gasteiger partial charge in [0, 0.05) is 5.56 Å². The molecule has 100 valence electrons. The van der Waals surface area contributed by atoms with Gasteiger partial charge >= 0.3 is 6.03 Å². The lowest BCUT2D eigenvalue weighted by atomic mass is 9.98. The fourth-order valence-corrected chi connectivity index (χ4v) is 2.57. The van der Waals surface area contributed by atoms with Crippen LogP contribution in [0.3, 0.4) is 0 Å². The number of urea groups is 1. The van der Waals surface area contributed by atoms with Gasteiger partial charge in [-0.25, -0.2) is 4.79 Å². The first-order valence-corrected chi connectivity index (χ1v) is 5.85. The first kappa shape index (κ1) is 11.8. The summed E-state index contributed by atoms with van der Waals surface area (Å²) in [5.74, 6) is -0.199. The normalized spacial score (nSPS) is 24.5. The molecule has 0 aliphatic carbocycles. The van der Waals surface area contributed by atoms with Crippen molar-refractivity contribution in [1.82, 2.24) is 9.96 Å². The molecule has 2 aliphatic rings. The summed E-state index contributed by atoms with van der Waals surface area (Å²) in [5, 5.41) is 1.25. The summed E-state index contributed by atoms with van der Waals surface area (Å²) < 4.78 is 5.31. The van der Waals surface area contributed by atoms with Crippen molar-refractivity contribution in [2.75, 3.05) is 13.2 Å². The van der Waals surface area contributed by atoms with E-state index in [0.29, 0.717) is 12.3 Å². The molecule has 3 heterocycles. The van der Waals surface area contributed by atoms with E-state index in [-0.39, 0.29) is 18.7 Å². The number of nitrogens with zero attached hydrogens (tertiary/aromatic N) is 2. The molecular formula is C12H13N3O4. The van der Waals surface area contributed by atoms with E-state index in [1.54, 1.807) is 12.1 Å². The van der Waals surface area contributed by atoms with Gasteiger partial charge < -0.3 is 15.1 Å². The van der Waals surface area contributed by atoms with Crippen LogP contribution in [0.1, 0.15) is 23.4 Å². The summed E-state index contributed by atoms with van der Waals surface area (Å²) in [7, 11) is 0. The lowest BCUT2D eigenvalue weighted by molar-refractivity contribution is -0.123. The predicted molar refractivity (Wildman–Crippen MR) is 63.5 cm³/mol. The Kier molecular flexibility index (Phi) is 2.56. The molecule has 3 amide bonds. The number of fused-ring (bicyclic) bond motifs is 4. The van der Waals surface area contributed by atoms with Crippen LogP contribution in [-0.4, -0.2) is 35.1 Å². The van der Waals surface area contributed by atoms with Gasteiger partial charge in [-0.05, 0) is 6.07 Å². The van der Waals surface area contributed by atoms with Crippen molar-refractivity contribution in [3.63, 3.8) is 0 Å². The zero-order chi connectivity index (χ0) is 13.6. The first-order chi connectivity index (χ1) is 9.15. The number of primary amides is 1. The molecule has 1 aromatic heterocycles. The second kappa shape index (κ2) is 4.13. The summed E-state index contributed by atoms with van der Waals surface area (Å²) in [6, 6.07) is 0.195. The highest BCUT2D eigenvalue weighted by Gasteiger charge is 2.52. The Balaban J connectivity index is 2.02. The first-order valence-electron chi connectivity index (χ1n) is 5.85. The second-order valence-corrected chi connectivity index (χ2v) is 4.41. The van der Waals surface area contributed by atoms with E-state index in [9.17, 15) is 9.59 Å². The highest BCUT2D eigenvalue weighted by Crippen LogP contribution is 2.44. The lowest BCUT2D eigenvalue weighted by Gasteiger charge is -2.26. The Morgan fingerprint density at radius 2 is 2.47 bits per heavy atom. The van der Waals surface area contributed by atoms with Crippen LogP contribution < -0.4 is 5.73 Å². The molecule has 0 saturated carbocycles. The van der Waals surface area contributed by atoms with Gasteiger partial charge in [-0.1, -0.05) is 6.08 Å². The molecule has 1 unspecified atom stereocenters. The van der Waals surface area contributed by atoms with E-state index in [4.69, 9.17) is 15.0 Å². The van der Waals surface area contributed by atoms with Crippen LogP contribution in [0.5, 0.6) is 0 Å². The van der Waals surface area contributed by atoms with Crippen LogP contribution in [0.15, 0.2) is 29.4 Å². The minimum absolute atomic E-state index is 0.213. The number of furan rings is 1. The third-order valence-electron chi connectivity index (χ3n) is 3.33. The van der Waals surface area contributed by atoms with Crippen molar-refractivity contribution < 1.29 is 18.8 Å². The second-order valence-electron chi connectivity index (χ2n) is 4.41. The Morgan fingerprint density at radius 1 is 1.68 bits per heavy atom. The van der Waals surface area contributed by atoms with Crippen LogP contribution in [0, 0.1) is 0 Å². The Morgan fingerprint density at radius 3 is 3.16 bits per heavy atom. The van der Waals surface area contributed by atoms with Gasteiger partial charge in [0.15, 0.2) is 6.04 Å². The quantitative estimate of drug-likeness (QED) is 0.810. The number of nitrogens with two attached hydrogens (primary N) is 1. The van der Waals surface area contributed by atoms with Crippen molar-refractivity contribution in [2.24, 2.45) is 5.73 Å². The average Bonchev–Trinajstić information content (AvgIpc) is 2.94. The number of hydroxylamine groups is 2. The van der Waals surface area contributed by atoms with Crippen molar-refractivity contribution >= 4 is 11.9 Å². The standard InChI is InChI=1S/C12H13N3O4/c1-2-4-19-15-8-6-14(12(15)17)9(11(13)16)10-7(8)3-5-18-10/h2-3,5,8-9H,1,4,6H2,(H2,13,16)/t8-,9?/m1/s1. The van der Waals surface area contributed by atoms with Crippen LogP contribution in [-0.2, 0) is 9.63 Å². The fraction of sp³-hybridized carbons (Fsp3) is 0.333. The molecule has 3 rings (SSSR count). The monoisotopic (exact) mass is 263 g/mol. The number of carbonyl (C=O) groups excluding carboxylic acids is 2. The van der Waals surface area contributed by atoms with Gasteiger partial charge in [0.05, 0.1) is 19.4 Å². The minimum Gasteiger partial charge on any atom is -0.466 e. The Labute approximate surface area is 109 Å². The number of amides is 3. The number of carbonyl (C=O) groups is 2. The molecule has 0 aromatic carbocycles. The summed E-state index contributed by atoms with van der Waals surface area (Å²) >= 11 is 0. The maximum Gasteiger partial charge on any atom is 0.345 e. The van der Waals surface area contributed by atoms with E-state index in [1.165, 1.54) is 16.2 Å². The topological polar surface area (TPSA) is 89.0 Å². The summed E-state index contributed by atoms with van der Waals surface area (Å²) in [4.78, 5) is 30.5. The summed E-state index contributed by atoms with van der Waals surface area (Å²) in [6.07, 6.45) is 3.03. The van der Waals surface area contributed by atoms with E-state index in [1.807, 2.05) is 0 Å². The SMILES string of the molecule is C=CCON1C(=O)N2C[C@@H]1c1ccoc1C2C(N)=O.